The maximum Gasteiger partial charge on any atom is 0.255 e. The number of nitrogen functional groups attached to an aromatic ring is 1. The van der Waals surface area contributed by atoms with Crippen LogP contribution in [0.25, 0.3) is 10.8 Å². The van der Waals surface area contributed by atoms with Crippen LogP contribution in [0.4, 0.5) is 11.5 Å². The molecule has 21 heavy (non-hydrogen) atoms. The van der Waals surface area contributed by atoms with E-state index in [2.05, 4.69) is 15.3 Å². The zero-order chi connectivity index (χ0) is 14.8. The highest BCUT2D eigenvalue weighted by atomic mass is 35.5. The van der Waals surface area contributed by atoms with Crippen LogP contribution in [0.3, 0.4) is 0 Å². The first-order chi connectivity index (χ1) is 10.1. The maximum atomic E-state index is 12.3. The Morgan fingerprint density at radius 1 is 1.24 bits per heavy atom. The van der Waals surface area contributed by atoms with E-state index >= 15 is 0 Å². The average Bonchev–Trinajstić information content (AvgIpc) is 2.46. The van der Waals surface area contributed by atoms with E-state index in [-0.39, 0.29) is 16.9 Å². The van der Waals surface area contributed by atoms with E-state index in [1.165, 1.54) is 12.1 Å². The fourth-order valence-corrected chi connectivity index (χ4v) is 2.29. The van der Waals surface area contributed by atoms with E-state index in [9.17, 15) is 4.79 Å². The summed E-state index contributed by atoms with van der Waals surface area (Å²) in [5.41, 5.74) is 6.66. The molecule has 3 rings (SSSR count). The summed E-state index contributed by atoms with van der Waals surface area (Å²) in [4.78, 5) is 20.2. The van der Waals surface area contributed by atoms with Crippen LogP contribution in [0, 0.1) is 0 Å². The molecule has 6 heteroatoms. The van der Waals surface area contributed by atoms with Crippen LogP contribution in [0.2, 0.25) is 5.15 Å². The molecule has 0 fully saturated rings. The third-order valence-electron chi connectivity index (χ3n) is 3.01. The number of carbonyl (C=O) groups is 1. The predicted octanol–water partition coefficient (Wildman–Crippen LogP) is 3.12. The number of nitrogens with two attached hydrogens (primary N) is 1. The van der Waals surface area contributed by atoms with Gasteiger partial charge >= 0.3 is 0 Å². The van der Waals surface area contributed by atoms with Crippen LogP contribution < -0.4 is 11.1 Å². The number of pyridine rings is 2. The van der Waals surface area contributed by atoms with Crippen molar-refractivity contribution < 1.29 is 4.79 Å². The van der Waals surface area contributed by atoms with Gasteiger partial charge in [0.2, 0.25) is 0 Å². The quantitative estimate of drug-likeness (QED) is 0.712. The highest BCUT2D eigenvalue weighted by molar-refractivity contribution is 6.30. The summed E-state index contributed by atoms with van der Waals surface area (Å²) in [6.07, 6.45) is 3.42. The number of anilines is 2. The summed E-state index contributed by atoms with van der Waals surface area (Å²) < 4.78 is 0. The normalized spacial score (nSPS) is 10.5. The second-order valence-corrected chi connectivity index (χ2v) is 4.85. The number of aromatic nitrogens is 2. The summed E-state index contributed by atoms with van der Waals surface area (Å²) in [5.74, 6) is -0.0925. The molecule has 0 aliphatic carbocycles. The minimum atomic E-state index is -0.296. The van der Waals surface area contributed by atoms with E-state index in [0.717, 1.165) is 10.8 Å². The first kappa shape index (κ1) is 13.3. The third kappa shape index (κ3) is 2.78. The number of hydrogen-bond acceptors (Lipinski definition) is 4. The fourth-order valence-electron chi connectivity index (χ4n) is 2.07. The Morgan fingerprint density at radius 2 is 2.10 bits per heavy atom. The van der Waals surface area contributed by atoms with E-state index in [1.54, 1.807) is 12.4 Å². The first-order valence-corrected chi connectivity index (χ1v) is 6.58. The lowest BCUT2D eigenvalue weighted by atomic mass is 10.1. The van der Waals surface area contributed by atoms with Crippen molar-refractivity contribution in [3.63, 3.8) is 0 Å². The Balaban J connectivity index is 1.96. The van der Waals surface area contributed by atoms with Gasteiger partial charge in [0.15, 0.2) is 0 Å². The number of carbonyl (C=O) groups excluding carboxylic acids is 1. The number of nitrogens with one attached hydrogen (secondary N) is 1. The van der Waals surface area contributed by atoms with Gasteiger partial charge < -0.3 is 11.1 Å². The lowest BCUT2D eigenvalue weighted by Crippen LogP contribution is -2.13. The van der Waals surface area contributed by atoms with E-state index < -0.39 is 0 Å². The molecule has 2 heterocycles. The topological polar surface area (TPSA) is 80.9 Å². The Hall–Kier alpha value is -2.66. The molecule has 3 aromatic rings. The van der Waals surface area contributed by atoms with Crippen LogP contribution in [-0.2, 0) is 0 Å². The summed E-state index contributed by atoms with van der Waals surface area (Å²) in [5, 5.41) is 4.89. The fraction of sp³-hybridized carbons (Fsp3) is 0. The largest absolute Gasteiger partial charge is 0.384 e. The van der Waals surface area contributed by atoms with Gasteiger partial charge in [-0.15, -0.1) is 0 Å². The van der Waals surface area contributed by atoms with Crippen LogP contribution in [0.5, 0.6) is 0 Å². The van der Waals surface area contributed by atoms with Crippen molar-refractivity contribution in [2.24, 2.45) is 0 Å². The standard InChI is InChI=1S/C15H11ClN4O/c16-13-6-10(7-14(17)20-13)15(21)19-12-3-1-2-9-8-18-5-4-11(9)12/h1-8H,(H2,17,20)(H,19,21). The molecule has 1 aromatic carbocycles. The molecule has 0 bridgehead atoms. The van der Waals surface area contributed by atoms with Crippen molar-refractivity contribution in [3.05, 3.63) is 59.5 Å². The second-order valence-electron chi connectivity index (χ2n) is 4.46. The van der Waals surface area contributed by atoms with Crippen molar-refractivity contribution in [3.8, 4) is 0 Å². The summed E-state index contributed by atoms with van der Waals surface area (Å²) in [7, 11) is 0. The predicted molar refractivity (Wildman–Crippen MR) is 83.4 cm³/mol. The maximum absolute atomic E-state index is 12.3. The van der Waals surface area contributed by atoms with Crippen molar-refractivity contribution >= 4 is 39.8 Å². The molecule has 104 valence electrons. The van der Waals surface area contributed by atoms with Crippen molar-refractivity contribution in [2.75, 3.05) is 11.1 Å². The van der Waals surface area contributed by atoms with Gasteiger partial charge in [0.05, 0.1) is 0 Å². The molecule has 0 saturated heterocycles. The van der Waals surface area contributed by atoms with Crippen molar-refractivity contribution in [2.45, 2.75) is 0 Å². The average molecular weight is 299 g/mol. The van der Waals surface area contributed by atoms with Gasteiger partial charge in [-0.25, -0.2) is 4.98 Å². The minimum Gasteiger partial charge on any atom is -0.384 e. The lowest BCUT2D eigenvalue weighted by molar-refractivity contribution is 0.102. The molecule has 0 radical (unpaired) electrons. The Kier molecular flexibility index (Phi) is 3.41. The second kappa shape index (κ2) is 5.38. The highest BCUT2D eigenvalue weighted by Crippen LogP contribution is 2.23. The van der Waals surface area contributed by atoms with Crippen LogP contribution in [0.15, 0.2) is 48.8 Å². The molecule has 2 aromatic heterocycles. The molecule has 0 spiro atoms. The summed E-state index contributed by atoms with van der Waals surface area (Å²) >= 11 is 5.81. The molecule has 3 N–H and O–H groups in total. The Morgan fingerprint density at radius 3 is 2.90 bits per heavy atom. The SMILES string of the molecule is Nc1cc(C(=O)Nc2cccc3cnccc23)cc(Cl)n1. The number of benzene rings is 1. The Labute approximate surface area is 125 Å². The number of amides is 1. The van der Waals surface area contributed by atoms with Gasteiger partial charge in [0.25, 0.3) is 5.91 Å². The molecule has 5 nitrogen and oxygen atoms in total. The third-order valence-corrected chi connectivity index (χ3v) is 3.20. The molecule has 0 atom stereocenters. The zero-order valence-electron chi connectivity index (χ0n) is 10.9. The molecular weight excluding hydrogens is 288 g/mol. The van der Waals surface area contributed by atoms with Gasteiger partial charge in [0, 0.05) is 34.4 Å². The summed E-state index contributed by atoms with van der Waals surface area (Å²) in [6.45, 7) is 0. The van der Waals surface area contributed by atoms with Crippen molar-refractivity contribution in [1.82, 2.24) is 9.97 Å². The van der Waals surface area contributed by atoms with Crippen molar-refractivity contribution in [1.29, 1.82) is 0 Å². The van der Waals surface area contributed by atoms with E-state index in [4.69, 9.17) is 17.3 Å². The molecular formula is C15H11ClN4O. The van der Waals surface area contributed by atoms with Gasteiger partial charge in [-0.3, -0.25) is 9.78 Å². The van der Waals surface area contributed by atoms with E-state index in [0.29, 0.717) is 11.3 Å². The van der Waals surface area contributed by atoms with E-state index in [1.807, 2.05) is 24.3 Å². The van der Waals surface area contributed by atoms with Crippen LogP contribution in [-0.4, -0.2) is 15.9 Å². The van der Waals surface area contributed by atoms with Crippen LogP contribution in [0.1, 0.15) is 10.4 Å². The van der Waals surface area contributed by atoms with Gasteiger partial charge in [-0.1, -0.05) is 23.7 Å². The molecule has 0 saturated carbocycles. The number of hydrogen-bond donors (Lipinski definition) is 2. The molecule has 0 unspecified atom stereocenters. The van der Waals surface area contributed by atoms with Crippen LogP contribution >= 0.6 is 11.6 Å². The highest BCUT2D eigenvalue weighted by Gasteiger charge is 2.10. The Bertz CT molecular complexity index is 809. The number of halogens is 1. The number of rotatable bonds is 2. The first-order valence-electron chi connectivity index (χ1n) is 6.20. The number of nitrogens with zero attached hydrogens (tertiary/aromatic N) is 2. The molecule has 0 aliphatic heterocycles. The number of fused-ring (bicyclic) bond motifs is 1. The summed E-state index contributed by atoms with van der Waals surface area (Å²) in [6, 6.07) is 10.4. The molecule has 0 aliphatic rings. The molecule has 1 amide bonds. The van der Waals surface area contributed by atoms with Gasteiger partial charge in [0.1, 0.15) is 11.0 Å². The van der Waals surface area contributed by atoms with Gasteiger partial charge in [-0.05, 0) is 24.3 Å². The monoisotopic (exact) mass is 298 g/mol. The minimum absolute atomic E-state index is 0.183. The lowest BCUT2D eigenvalue weighted by Gasteiger charge is -2.09. The zero-order valence-corrected chi connectivity index (χ0v) is 11.6. The smallest absolute Gasteiger partial charge is 0.255 e. The van der Waals surface area contributed by atoms with Gasteiger partial charge in [-0.2, -0.15) is 0 Å².